The Bertz CT molecular complexity index is 25.5. The van der Waals surface area contributed by atoms with Crippen LogP contribution < -0.4 is 98.8 Å². The van der Waals surface area contributed by atoms with Crippen LogP contribution in [0.3, 0.4) is 0 Å². The van der Waals surface area contributed by atoms with E-state index >= 15 is 0 Å². The fourth-order valence-electron chi connectivity index (χ4n) is 0. The monoisotopic (exact) mass is 427 g/mol. The van der Waals surface area contributed by atoms with Crippen LogP contribution in [0, 0.1) is 0 Å². The molecule has 0 spiro atoms. The summed E-state index contributed by atoms with van der Waals surface area (Å²) in [7, 11) is 0. The van der Waals surface area contributed by atoms with Crippen molar-refractivity contribution in [3.63, 3.8) is 0 Å². The molecule has 0 bridgehead atoms. The molecule has 0 rings (SSSR count). The van der Waals surface area contributed by atoms with Crippen molar-refractivity contribution in [2.45, 2.75) is 0 Å². The van der Waals surface area contributed by atoms with E-state index in [1.165, 1.54) is 0 Å². The third kappa shape index (κ3) is 1100. The van der Waals surface area contributed by atoms with Gasteiger partial charge in [-0.05, 0) is 0 Å². The summed E-state index contributed by atoms with van der Waals surface area (Å²) in [5, 5.41) is 0. The third-order valence-electron chi connectivity index (χ3n) is 0. The first kappa shape index (κ1) is 1590. The van der Waals surface area contributed by atoms with Crippen LogP contribution in [0.5, 0.6) is 0 Å². The van der Waals surface area contributed by atoms with E-state index in [-0.39, 0.29) is 144 Å². The van der Waals surface area contributed by atoms with Crippen molar-refractivity contribution in [2.75, 3.05) is 0 Å². The van der Waals surface area contributed by atoms with Gasteiger partial charge >= 0.3 is 33.6 Å². The zero-order chi connectivity index (χ0) is 0. The molecule has 27 N–H and O–H groups in total. The molecule has 0 aliphatic heterocycles. The summed E-state index contributed by atoms with van der Waals surface area (Å²) in [4.78, 5) is 0. The van der Waals surface area contributed by atoms with E-state index in [1.54, 1.807) is 0 Å². The zero-order valence-corrected chi connectivity index (χ0v) is 14.0. The number of nitrogens with two attached hydrogens (primary N) is 1. The predicted octanol–water partition coefficient (Wildman–Crippen LogP) is -10.2. The molecule has 0 saturated carbocycles. The van der Waals surface area contributed by atoms with Gasteiger partial charge in [-0.25, -0.2) is 0 Å². The van der Waals surface area contributed by atoms with Crippen LogP contribution in [0.1, 0.15) is 0 Å². The minimum Gasteiger partial charge on any atom is -1.00 e. The minimum atomic E-state index is 0. The van der Waals surface area contributed by atoms with Gasteiger partial charge in [0.2, 0.25) is 0 Å². The van der Waals surface area contributed by atoms with Crippen LogP contribution in [-0.4, -0.2) is 5.48 Å². The summed E-state index contributed by atoms with van der Waals surface area (Å²) in [5.74, 6) is 0. The summed E-state index contributed by atoms with van der Waals surface area (Å²) in [6.07, 6.45) is 0. The SMILES string of the molecule is N.N.N.N.N.N.N.N.[Cl-].[Cl-].[Cl-].[Cl-].[Co+3].[Co+3].[NH2-].[OH-]. The standard InChI is InChI=1S/4ClH.2Co.8H3N.H2N.H2O/h4*1H;;;8*1H3;2*1H2/q;;;;2*+3;;;;;;;;;-1;/p-5. The van der Waals surface area contributed by atoms with Crippen molar-refractivity contribution in [3.8, 4) is 0 Å². The van der Waals surface area contributed by atoms with E-state index in [0.717, 1.165) is 0 Å². The molecule has 0 aromatic carbocycles. The van der Waals surface area contributed by atoms with Gasteiger partial charge in [0.1, 0.15) is 0 Å². The van der Waals surface area contributed by atoms with Crippen molar-refractivity contribution in [3.05, 3.63) is 6.15 Å². The van der Waals surface area contributed by atoms with Crippen LogP contribution in [-0.2, 0) is 33.6 Å². The van der Waals surface area contributed by atoms with E-state index in [9.17, 15) is 0 Å². The second kappa shape index (κ2) is 1330. The summed E-state index contributed by atoms with van der Waals surface area (Å²) in [6.45, 7) is 0. The van der Waals surface area contributed by atoms with Crippen molar-refractivity contribution >= 4 is 0 Å². The fourth-order valence-corrected chi connectivity index (χ4v) is 0. The van der Waals surface area contributed by atoms with Gasteiger partial charge in [-0.2, -0.15) is 0 Å². The molecular weight excluding hydrogens is 402 g/mol. The van der Waals surface area contributed by atoms with E-state index in [0.29, 0.717) is 0 Å². The Labute approximate surface area is 143 Å². The number of rotatable bonds is 0. The Kier molecular flexibility index (Phi) is 132000. The molecule has 124 valence electrons. The Morgan fingerprint density at radius 1 is 0.312 bits per heavy atom. The third-order valence-corrected chi connectivity index (χ3v) is 0. The van der Waals surface area contributed by atoms with Crippen LogP contribution in [0.15, 0.2) is 0 Å². The topological polar surface area (TPSA) is 344 Å². The Hall–Kier alpha value is 1.77. The van der Waals surface area contributed by atoms with Crippen molar-refractivity contribution in [1.29, 1.82) is 0 Å². The smallest absolute Gasteiger partial charge is 1.00 e. The van der Waals surface area contributed by atoms with E-state index in [4.69, 9.17) is 0 Å². The zero-order valence-electron chi connectivity index (χ0n) is 8.86. The summed E-state index contributed by atoms with van der Waals surface area (Å²) in [6, 6.07) is 0. The van der Waals surface area contributed by atoms with Crippen molar-refractivity contribution in [2.24, 2.45) is 0 Å². The van der Waals surface area contributed by atoms with Gasteiger partial charge in [0, 0.05) is 0 Å². The van der Waals surface area contributed by atoms with Gasteiger partial charge in [-0.1, -0.05) is 0 Å². The van der Waals surface area contributed by atoms with Crippen LogP contribution in [0.2, 0.25) is 0 Å². The molecule has 0 radical (unpaired) electrons. The Balaban J connectivity index is 0. The van der Waals surface area contributed by atoms with Gasteiger partial charge < -0.3 is 110 Å². The van der Waals surface area contributed by atoms with Crippen LogP contribution in [0.25, 0.3) is 6.15 Å². The predicted molar refractivity (Wildman–Crippen MR) is 47.4 cm³/mol. The quantitative estimate of drug-likeness (QED) is 0.181. The second-order valence-corrected chi connectivity index (χ2v) is 0. The molecule has 0 aliphatic rings. The van der Waals surface area contributed by atoms with Gasteiger partial charge in [0.15, 0.2) is 0 Å². The minimum absolute atomic E-state index is 0. The largest absolute Gasteiger partial charge is 3.00 e. The molecule has 16 heavy (non-hydrogen) atoms. The van der Waals surface area contributed by atoms with E-state index < -0.39 is 0 Å². The van der Waals surface area contributed by atoms with E-state index in [2.05, 4.69) is 0 Å². The molecule has 0 atom stereocenters. The van der Waals surface area contributed by atoms with Crippen LogP contribution >= 0.6 is 0 Å². The van der Waals surface area contributed by atoms with Crippen molar-refractivity contribution in [1.82, 2.24) is 49.2 Å². The molecule has 0 saturated heterocycles. The maximum absolute atomic E-state index is 0. The molecular formula is H27Cl4Co2N9O. The molecule has 0 aromatic heterocycles. The Morgan fingerprint density at radius 2 is 0.312 bits per heavy atom. The first-order chi connectivity index (χ1) is 0. The maximum atomic E-state index is 0. The first-order valence-electron chi connectivity index (χ1n) is 0. The van der Waals surface area contributed by atoms with E-state index in [1.807, 2.05) is 0 Å². The summed E-state index contributed by atoms with van der Waals surface area (Å²) in [5.41, 5.74) is 0. The summed E-state index contributed by atoms with van der Waals surface area (Å²) >= 11 is 0. The second-order valence-electron chi connectivity index (χ2n) is 0. The van der Waals surface area contributed by atoms with Gasteiger partial charge in [-0.15, -0.1) is 0 Å². The van der Waals surface area contributed by atoms with Crippen molar-refractivity contribution < 1.29 is 88.7 Å². The number of halogens is 4. The molecule has 0 aromatic rings. The molecule has 10 nitrogen and oxygen atoms in total. The van der Waals surface area contributed by atoms with Gasteiger partial charge in [0.05, 0.1) is 0 Å². The van der Waals surface area contributed by atoms with Crippen LogP contribution in [0.4, 0.5) is 0 Å². The normalized spacial score (nSPS) is 0. The molecule has 0 aliphatic carbocycles. The average Bonchev–Trinajstić information content (AvgIpc) is 0. The number of hydrogen-bond donors (Lipinski definition) is 8. The average molecular weight is 429 g/mol. The van der Waals surface area contributed by atoms with Gasteiger partial charge in [-0.3, -0.25) is 0 Å². The molecule has 0 amide bonds. The molecule has 0 unspecified atom stereocenters. The Morgan fingerprint density at radius 3 is 0.312 bits per heavy atom. The van der Waals surface area contributed by atoms with Gasteiger partial charge in [0.25, 0.3) is 0 Å². The summed E-state index contributed by atoms with van der Waals surface area (Å²) < 4.78 is 0. The molecule has 0 fully saturated rings. The maximum Gasteiger partial charge on any atom is 3.00 e. The molecule has 0 heterocycles. The first-order valence-corrected chi connectivity index (χ1v) is 0. The fraction of sp³-hybridized carbons (Fsp3) is 0. The molecule has 16 heteroatoms. The number of hydrogen-bond acceptors (Lipinski definition) is 9.